The van der Waals surface area contributed by atoms with Gasteiger partial charge in [0.15, 0.2) is 28.7 Å². The van der Waals surface area contributed by atoms with Crippen LogP contribution in [0.3, 0.4) is 0 Å². The third kappa shape index (κ3) is 12.6. The fourth-order valence-electron chi connectivity index (χ4n) is 11.5. The number of nitrogens with zero attached hydrogens (tertiary/aromatic N) is 5. The summed E-state index contributed by atoms with van der Waals surface area (Å²) in [5.74, 6) is 1.86. The molecule has 2 amide bonds. The van der Waals surface area contributed by atoms with Gasteiger partial charge in [-0.1, -0.05) is 44.9 Å². The average molecular weight is 1120 g/mol. The highest BCUT2D eigenvalue weighted by molar-refractivity contribution is 7.46. The molecule has 0 radical (unpaired) electrons. The minimum atomic E-state index is -5.30. The Morgan fingerprint density at radius 1 is 0.962 bits per heavy atom. The Morgan fingerprint density at radius 2 is 1.69 bits per heavy atom. The van der Waals surface area contributed by atoms with E-state index in [1.165, 1.54) is 15.7 Å². The lowest BCUT2D eigenvalue weighted by Crippen LogP contribution is -2.90. The smallest absolute Gasteiger partial charge is 0.470 e. The van der Waals surface area contributed by atoms with Crippen LogP contribution < -0.4 is 46.9 Å². The maximum Gasteiger partial charge on any atom is 0.470 e. The zero-order valence-electron chi connectivity index (χ0n) is 44.8. The second kappa shape index (κ2) is 22.4. The van der Waals surface area contributed by atoms with Gasteiger partial charge < -0.3 is 65.3 Å². The van der Waals surface area contributed by atoms with E-state index in [0.717, 1.165) is 76.5 Å². The van der Waals surface area contributed by atoms with Crippen molar-refractivity contribution in [3.05, 3.63) is 93.3 Å². The first-order chi connectivity index (χ1) is 36.8. The van der Waals surface area contributed by atoms with Crippen molar-refractivity contribution in [1.82, 2.24) is 29.7 Å². The Bertz CT molecular complexity index is 3340. The number of nitrogen functional groups attached to an aromatic ring is 1. The van der Waals surface area contributed by atoms with Crippen molar-refractivity contribution in [3.63, 3.8) is 0 Å². The van der Waals surface area contributed by atoms with Gasteiger partial charge in [0, 0.05) is 84.3 Å². The lowest BCUT2D eigenvalue weighted by molar-refractivity contribution is -0.588. The van der Waals surface area contributed by atoms with E-state index in [-0.39, 0.29) is 52.2 Å². The van der Waals surface area contributed by atoms with Gasteiger partial charge in [-0.05, 0) is 94.5 Å². The highest BCUT2D eigenvalue weighted by Gasteiger charge is 2.50. The summed E-state index contributed by atoms with van der Waals surface area (Å²) in [6.45, 7) is 13.6. The summed E-state index contributed by atoms with van der Waals surface area (Å²) in [7, 11) is -8.78. The first-order valence-electron chi connectivity index (χ1n) is 26.3. The van der Waals surface area contributed by atoms with Gasteiger partial charge in [-0.25, -0.2) is 24.5 Å². The Morgan fingerprint density at radius 3 is 2.44 bits per heavy atom. The van der Waals surface area contributed by atoms with Crippen LogP contribution in [0.4, 0.5) is 17.5 Å². The Labute approximate surface area is 451 Å². The molecule has 0 bridgehead atoms. The molecule has 9 rings (SSSR count). The first kappa shape index (κ1) is 56.9. The number of phosphoric acid groups is 2. The third-order valence-corrected chi connectivity index (χ3v) is 15.8. The fraction of sp³-hybridized carbons (Fsp3) is 0.509. The molecule has 78 heavy (non-hydrogen) atoms. The summed E-state index contributed by atoms with van der Waals surface area (Å²) >= 11 is 0. The molecule has 0 saturated carbocycles. The molecular weight excluding hydrogens is 1050 g/mol. The highest BCUT2D eigenvalue weighted by atomic mass is 31.2. The molecule has 25 heteroatoms. The molecule has 10 N–H and O–H groups in total. The van der Waals surface area contributed by atoms with Crippen molar-refractivity contribution in [1.29, 1.82) is 0 Å². The van der Waals surface area contributed by atoms with Crippen LogP contribution in [0, 0.1) is 0 Å². The average Bonchev–Trinajstić information content (AvgIpc) is 4.03. The normalized spacial score (nSPS) is 22.6. The molecule has 0 aliphatic carbocycles. The van der Waals surface area contributed by atoms with Crippen LogP contribution in [0.1, 0.15) is 144 Å². The number of hydrogen-bond donors (Lipinski definition) is 9. The maximum atomic E-state index is 14.5. The number of carbonyl (C=O) groups excluding carboxylic acids is 2. The number of anilines is 3. The third-order valence-electron chi connectivity index (χ3n) is 14.8. The van der Waals surface area contributed by atoms with E-state index in [9.17, 15) is 38.5 Å². The second-order valence-electron chi connectivity index (χ2n) is 22.3. The Hall–Kier alpha value is -5.84. The summed E-state index contributed by atoms with van der Waals surface area (Å²) in [5, 5.41) is 23.1. The van der Waals surface area contributed by atoms with Crippen molar-refractivity contribution in [2.45, 2.75) is 140 Å². The van der Waals surface area contributed by atoms with Gasteiger partial charge in [0.2, 0.25) is 17.2 Å². The van der Waals surface area contributed by atoms with Crippen LogP contribution in [0.5, 0.6) is 11.5 Å². The van der Waals surface area contributed by atoms with Crippen LogP contribution in [0.15, 0.2) is 54.9 Å². The van der Waals surface area contributed by atoms with E-state index < -0.39 is 46.8 Å². The van der Waals surface area contributed by atoms with Crippen molar-refractivity contribution < 1.29 is 66.9 Å². The lowest BCUT2D eigenvalue weighted by atomic mass is 9.79. The van der Waals surface area contributed by atoms with Gasteiger partial charge in [0.05, 0.1) is 12.7 Å². The summed E-state index contributed by atoms with van der Waals surface area (Å²) < 4.78 is 46.2. The molecule has 3 unspecified atom stereocenters. The van der Waals surface area contributed by atoms with Crippen LogP contribution in [-0.2, 0) is 27.7 Å². The molecule has 23 nitrogen and oxygen atoms in total. The number of carbonyl (C=O) groups is 2. The molecule has 5 aromatic rings. The summed E-state index contributed by atoms with van der Waals surface area (Å²) in [5.41, 5.74) is 12.8. The quantitative estimate of drug-likeness (QED) is 0.0391. The Balaban J connectivity index is 0.799. The van der Waals surface area contributed by atoms with Gasteiger partial charge in [-0.3, -0.25) is 23.2 Å². The number of imidazole rings is 1. The number of rotatable bonds is 20. The monoisotopic (exact) mass is 1120 g/mol. The molecule has 6 heterocycles. The molecule has 0 spiro atoms. The number of aliphatic hydroxyl groups excluding tert-OH is 1. The number of aromatic nitrogens is 4. The van der Waals surface area contributed by atoms with E-state index in [1.807, 2.05) is 24.3 Å². The number of unbranched alkanes of at least 4 members (excludes halogenated alkanes) is 3. The lowest BCUT2D eigenvalue weighted by Gasteiger charge is -2.38. The molecule has 3 aromatic carbocycles. The first-order valence-corrected chi connectivity index (χ1v) is 29.4. The standard InChI is InChI=1S/C53H70N10O13P2/c1-29-25-52(3,4)60-37-23-39-35(21-33(29)37)43(36-22-34-30(2)26-53(5,6)61-38(34)24-40(36)74-39)31-15-10-11-16-32(31)49(66)62(7)20-14-17-42(64)55-18-12-8-9-13-19-56-51-59-44-47(54)57-28-58-48(44)63(51)50-45(65)46(76-78(70,71)72)41(75-50)27-73-77(67,68)69/h10-11,15-16,21-24,28-30,41,45-46,50,60,65H,8-9,12-14,17-20,25-27H2,1-7H3,(H,55,64)(H,56,59)(H2,54,57,58)(H2,67,68,69)(H2,70,71,72)/t29?,30?,41-,45-,46-,50-/m1/s1. The summed E-state index contributed by atoms with van der Waals surface area (Å²) in [6.07, 6.45) is -0.113. The van der Waals surface area contributed by atoms with Crippen molar-refractivity contribution in [2.75, 3.05) is 49.7 Å². The van der Waals surface area contributed by atoms with Gasteiger partial charge in [-0.15, -0.1) is 0 Å². The highest BCUT2D eigenvalue weighted by Crippen LogP contribution is 2.48. The minimum absolute atomic E-state index is 0.0123. The van der Waals surface area contributed by atoms with Crippen LogP contribution in [0.2, 0.25) is 0 Å². The molecule has 7 atom stereocenters. The number of nitrogens with one attached hydrogen (secondary N) is 4. The number of phosphoric ester groups is 2. The Kier molecular flexibility index (Phi) is 16.3. The zero-order chi connectivity index (χ0) is 56.1. The van der Waals surface area contributed by atoms with Crippen molar-refractivity contribution in [2.24, 2.45) is 0 Å². The molecule has 4 aliphatic heterocycles. The SMILES string of the molecule is CC1CC(C)(C)Nc2cc3c(cc21)C(c1ccccc1C(=O)N(C)CCCC(=O)NCCCCCCNc1nc2c(N)ncnc2n1[C@@H]1O[C@H](COP(=O)([O-])O)[C@@H](OP(=O)(O)O)[C@H]1O)=c1cc2c(cc1O3)=[NH+]C(C)(C)CC2C. The van der Waals surface area contributed by atoms with Gasteiger partial charge >= 0.3 is 7.82 Å². The van der Waals surface area contributed by atoms with Crippen LogP contribution in [-0.4, -0.2) is 119 Å². The van der Waals surface area contributed by atoms with Gasteiger partial charge in [0.1, 0.15) is 36.1 Å². The molecule has 1 fully saturated rings. The summed E-state index contributed by atoms with van der Waals surface area (Å²) in [4.78, 5) is 85.2. The molecule has 2 aromatic heterocycles. The molecule has 4 aliphatic rings. The van der Waals surface area contributed by atoms with E-state index in [0.29, 0.717) is 56.3 Å². The molecular formula is C53H70N10O13P2. The fourth-order valence-corrected chi connectivity index (χ4v) is 12.4. The van der Waals surface area contributed by atoms with Crippen LogP contribution in [0.25, 0.3) is 16.7 Å². The van der Waals surface area contributed by atoms with E-state index >= 15 is 0 Å². The summed E-state index contributed by atoms with van der Waals surface area (Å²) in [6, 6.07) is 16.5. The second-order valence-corrected chi connectivity index (χ2v) is 24.6. The minimum Gasteiger partial charge on any atom is -0.756 e. The van der Waals surface area contributed by atoms with Crippen LogP contribution >= 0.6 is 15.6 Å². The molecule has 420 valence electrons. The van der Waals surface area contributed by atoms with E-state index in [4.69, 9.17) is 24.6 Å². The number of nitrogens with two attached hydrogens (primary N) is 1. The number of benzene rings is 3. The number of aliphatic hydroxyl groups is 1. The van der Waals surface area contributed by atoms with Crippen molar-refractivity contribution in [3.8, 4) is 11.5 Å². The molecule has 1 saturated heterocycles. The predicted molar refractivity (Wildman–Crippen MR) is 287 cm³/mol. The van der Waals surface area contributed by atoms with Gasteiger partial charge in [-0.2, -0.15) is 0 Å². The van der Waals surface area contributed by atoms with E-state index in [2.05, 4.69) is 106 Å². The number of hydrogen-bond acceptors (Lipinski definition) is 16. The number of ether oxygens (including phenoxy) is 2. The van der Waals surface area contributed by atoms with Gasteiger partial charge in [0.25, 0.3) is 13.7 Å². The zero-order valence-corrected chi connectivity index (χ0v) is 46.6. The topological polar surface area (TPSA) is 332 Å². The van der Waals surface area contributed by atoms with Crippen molar-refractivity contribution >= 4 is 61.7 Å². The predicted octanol–water partition coefficient (Wildman–Crippen LogP) is 3.30. The number of amides is 2. The maximum absolute atomic E-state index is 14.5. The number of fused-ring (bicyclic) bond motifs is 5. The largest absolute Gasteiger partial charge is 0.756 e. The van der Waals surface area contributed by atoms with E-state index in [1.54, 1.807) is 11.9 Å².